The third-order valence-electron chi connectivity index (χ3n) is 3.72. The van der Waals surface area contributed by atoms with Gasteiger partial charge in [-0.15, -0.1) is 0 Å². The van der Waals surface area contributed by atoms with E-state index in [1.807, 2.05) is 6.07 Å². The Morgan fingerprint density at radius 2 is 2.00 bits per heavy atom. The second kappa shape index (κ2) is 8.22. The quantitative estimate of drug-likeness (QED) is 0.424. The molecule has 0 aromatic carbocycles. The number of carbonyl (C=O) groups excluding carboxylic acids is 2. The molecule has 11 heteroatoms. The molecule has 0 aliphatic carbocycles. The van der Waals surface area contributed by atoms with Crippen LogP contribution in [0.2, 0.25) is 0 Å². The molecule has 0 aliphatic heterocycles. The molecule has 3 heterocycles. The second-order valence-electron chi connectivity index (χ2n) is 5.76. The van der Waals surface area contributed by atoms with Crippen LogP contribution in [0.15, 0.2) is 36.8 Å². The van der Waals surface area contributed by atoms with Crippen molar-refractivity contribution in [2.24, 2.45) is 11.5 Å². The van der Waals surface area contributed by atoms with Crippen LogP contribution >= 0.6 is 0 Å². The first-order valence-electron chi connectivity index (χ1n) is 8.17. The SMILES string of the molecule is COC[C@@H](Nc1cnc(C(N)=O)c(Nc2cnc3cccnc3c2)n1)C(N)=O. The highest BCUT2D eigenvalue weighted by Gasteiger charge is 2.18. The van der Waals surface area contributed by atoms with Crippen LogP contribution in [0, 0.1) is 0 Å². The van der Waals surface area contributed by atoms with Crippen LogP contribution in [-0.2, 0) is 9.53 Å². The summed E-state index contributed by atoms with van der Waals surface area (Å²) >= 11 is 0. The predicted octanol–water partition coefficient (Wildman–Crippen LogP) is 0.175. The van der Waals surface area contributed by atoms with Crippen molar-refractivity contribution in [3.63, 3.8) is 0 Å². The predicted molar refractivity (Wildman–Crippen MR) is 102 cm³/mol. The number of hydrogen-bond donors (Lipinski definition) is 4. The molecule has 0 aliphatic rings. The van der Waals surface area contributed by atoms with Gasteiger partial charge in [-0.2, -0.15) is 0 Å². The van der Waals surface area contributed by atoms with E-state index >= 15 is 0 Å². The number of nitrogens with one attached hydrogen (secondary N) is 2. The number of nitrogens with two attached hydrogens (primary N) is 2. The normalized spacial score (nSPS) is 11.8. The summed E-state index contributed by atoms with van der Waals surface area (Å²) < 4.78 is 4.95. The number of fused-ring (bicyclic) bond motifs is 1. The lowest BCUT2D eigenvalue weighted by Crippen LogP contribution is -2.39. The van der Waals surface area contributed by atoms with E-state index in [4.69, 9.17) is 16.2 Å². The molecule has 0 saturated heterocycles. The molecule has 0 unspecified atom stereocenters. The number of ether oxygens (including phenoxy) is 1. The van der Waals surface area contributed by atoms with E-state index < -0.39 is 17.9 Å². The number of hydrogen-bond acceptors (Lipinski definition) is 9. The summed E-state index contributed by atoms with van der Waals surface area (Å²) in [6, 6.07) is 4.53. The first-order chi connectivity index (χ1) is 13.5. The molecular weight excluding hydrogens is 364 g/mol. The molecule has 0 radical (unpaired) electrons. The van der Waals surface area contributed by atoms with Gasteiger partial charge in [0.15, 0.2) is 11.5 Å². The Morgan fingerprint density at radius 1 is 1.18 bits per heavy atom. The van der Waals surface area contributed by atoms with Crippen molar-refractivity contribution in [2.75, 3.05) is 24.4 Å². The fraction of sp³-hybridized carbons (Fsp3) is 0.176. The van der Waals surface area contributed by atoms with Crippen LogP contribution in [0.5, 0.6) is 0 Å². The fourth-order valence-corrected chi connectivity index (χ4v) is 2.42. The fourth-order valence-electron chi connectivity index (χ4n) is 2.42. The van der Waals surface area contributed by atoms with Gasteiger partial charge in [-0.25, -0.2) is 9.97 Å². The summed E-state index contributed by atoms with van der Waals surface area (Å²) in [5.41, 5.74) is 12.5. The average molecular weight is 382 g/mol. The average Bonchev–Trinajstić information content (AvgIpc) is 2.67. The first kappa shape index (κ1) is 18.9. The molecule has 0 bridgehead atoms. The molecule has 6 N–H and O–H groups in total. The Labute approximate surface area is 159 Å². The van der Waals surface area contributed by atoms with Crippen molar-refractivity contribution >= 4 is 40.2 Å². The minimum absolute atomic E-state index is 0.0393. The van der Waals surface area contributed by atoms with Gasteiger partial charge in [-0.05, 0) is 18.2 Å². The van der Waals surface area contributed by atoms with Crippen LogP contribution < -0.4 is 22.1 Å². The molecule has 11 nitrogen and oxygen atoms in total. The Balaban J connectivity index is 1.92. The first-order valence-corrected chi connectivity index (χ1v) is 8.17. The Morgan fingerprint density at radius 3 is 2.71 bits per heavy atom. The molecule has 3 aromatic heterocycles. The second-order valence-corrected chi connectivity index (χ2v) is 5.76. The zero-order chi connectivity index (χ0) is 20.1. The summed E-state index contributed by atoms with van der Waals surface area (Å²) in [5, 5.41) is 5.76. The zero-order valence-corrected chi connectivity index (χ0v) is 14.9. The van der Waals surface area contributed by atoms with Gasteiger partial charge in [0, 0.05) is 13.3 Å². The Kier molecular flexibility index (Phi) is 5.56. The standard InChI is InChI=1S/C17H18N8O3/c1-28-8-12(15(18)26)24-13-7-22-14(16(19)27)17(25-13)23-9-5-11-10(21-6-9)3-2-4-20-11/h2-7,12H,8H2,1H3,(H2,18,26)(H2,19,27)(H2,23,24,25)/t12-/m1/s1. The van der Waals surface area contributed by atoms with E-state index in [9.17, 15) is 9.59 Å². The number of pyridine rings is 2. The number of nitrogens with zero attached hydrogens (tertiary/aromatic N) is 4. The highest BCUT2D eigenvalue weighted by molar-refractivity contribution is 5.96. The summed E-state index contributed by atoms with van der Waals surface area (Å²) in [6.45, 7) is 0.0393. The maximum Gasteiger partial charge on any atom is 0.271 e. The molecule has 0 saturated carbocycles. The third kappa shape index (κ3) is 4.27. The topological polar surface area (TPSA) is 171 Å². The van der Waals surface area contributed by atoms with Gasteiger partial charge in [0.05, 0.1) is 35.7 Å². The van der Waals surface area contributed by atoms with Crippen LogP contribution in [0.3, 0.4) is 0 Å². The number of methoxy groups -OCH3 is 1. The molecular formula is C17H18N8O3. The van der Waals surface area contributed by atoms with E-state index in [0.717, 1.165) is 0 Å². The lowest BCUT2D eigenvalue weighted by atomic mass is 10.3. The molecule has 1 atom stereocenters. The smallest absolute Gasteiger partial charge is 0.271 e. The van der Waals surface area contributed by atoms with Crippen LogP contribution in [0.4, 0.5) is 17.3 Å². The molecule has 2 amide bonds. The van der Waals surface area contributed by atoms with E-state index in [0.29, 0.717) is 16.7 Å². The van der Waals surface area contributed by atoms with E-state index in [2.05, 4.69) is 30.6 Å². The van der Waals surface area contributed by atoms with Crippen molar-refractivity contribution in [3.05, 3.63) is 42.5 Å². The lowest BCUT2D eigenvalue weighted by Gasteiger charge is -2.16. The van der Waals surface area contributed by atoms with Gasteiger partial charge in [0.1, 0.15) is 11.9 Å². The largest absolute Gasteiger partial charge is 0.382 e. The zero-order valence-electron chi connectivity index (χ0n) is 14.9. The molecule has 144 valence electrons. The molecule has 28 heavy (non-hydrogen) atoms. The summed E-state index contributed by atoms with van der Waals surface area (Å²) in [7, 11) is 1.44. The summed E-state index contributed by atoms with van der Waals surface area (Å²) in [4.78, 5) is 40.0. The number of carbonyl (C=O) groups is 2. The lowest BCUT2D eigenvalue weighted by molar-refractivity contribution is -0.119. The van der Waals surface area contributed by atoms with Crippen molar-refractivity contribution < 1.29 is 14.3 Å². The van der Waals surface area contributed by atoms with Gasteiger partial charge >= 0.3 is 0 Å². The van der Waals surface area contributed by atoms with Crippen molar-refractivity contribution in [1.29, 1.82) is 0 Å². The summed E-state index contributed by atoms with van der Waals surface area (Å²) in [5.74, 6) is -1.09. The van der Waals surface area contributed by atoms with Crippen LogP contribution in [0.25, 0.3) is 11.0 Å². The van der Waals surface area contributed by atoms with Crippen LogP contribution in [-0.4, -0.2) is 51.5 Å². The number of amides is 2. The molecule has 3 aromatic rings. The monoisotopic (exact) mass is 382 g/mol. The maximum absolute atomic E-state index is 11.7. The molecule has 3 rings (SSSR count). The van der Waals surface area contributed by atoms with Gasteiger partial charge < -0.3 is 26.8 Å². The van der Waals surface area contributed by atoms with Gasteiger partial charge in [0.25, 0.3) is 5.91 Å². The highest BCUT2D eigenvalue weighted by atomic mass is 16.5. The van der Waals surface area contributed by atoms with Crippen LogP contribution in [0.1, 0.15) is 10.5 Å². The maximum atomic E-state index is 11.7. The van der Waals surface area contributed by atoms with Gasteiger partial charge in [0.2, 0.25) is 5.91 Å². The van der Waals surface area contributed by atoms with E-state index in [1.54, 1.807) is 24.5 Å². The Hall–Kier alpha value is -3.86. The molecule has 0 fully saturated rings. The van der Waals surface area contributed by atoms with Crippen molar-refractivity contribution in [1.82, 2.24) is 19.9 Å². The summed E-state index contributed by atoms with van der Waals surface area (Å²) in [6.07, 6.45) is 4.48. The number of aromatic nitrogens is 4. The van der Waals surface area contributed by atoms with Crippen molar-refractivity contribution in [3.8, 4) is 0 Å². The minimum atomic E-state index is -0.821. The third-order valence-corrected chi connectivity index (χ3v) is 3.72. The Bertz CT molecular complexity index is 1030. The number of primary amides is 2. The minimum Gasteiger partial charge on any atom is -0.382 e. The van der Waals surface area contributed by atoms with E-state index in [-0.39, 0.29) is 23.9 Å². The van der Waals surface area contributed by atoms with Gasteiger partial charge in [-0.3, -0.25) is 19.6 Å². The highest BCUT2D eigenvalue weighted by Crippen LogP contribution is 2.21. The number of anilines is 3. The molecule has 0 spiro atoms. The van der Waals surface area contributed by atoms with E-state index in [1.165, 1.54) is 13.3 Å². The number of rotatable bonds is 8. The van der Waals surface area contributed by atoms with Gasteiger partial charge in [-0.1, -0.05) is 0 Å². The van der Waals surface area contributed by atoms with Crippen molar-refractivity contribution in [2.45, 2.75) is 6.04 Å².